The van der Waals surface area contributed by atoms with E-state index >= 15 is 0 Å². The van der Waals surface area contributed by atoms with Crippen LogP contribution in [0.15, 0.2) is 102 Å². The maximum absolute atomic E-state index is 12.4. The molecule has 0 spiro atoms. The van der Waals surface area contributed by atoms with Crippen molar-refractivity contribution in [3.63, 3.8) is 0 Å². The molecule has 258 valence electrons. The summed E-state index contributed by atoms with van der Waals surface area (Å²) >= 11 is 0. The third-order valence-electron chi connectivity index (χ3n) is 8.53. The second-order valence-electron chi connectivity index (χ2n) is 12.7. The summed E-state index contributed by atoms with van der Waals surface area (Å²) in [5.41, 5.74) is 9.66. The van der Waals surface area contributed by atoms with E-state index < -0.39 is 16.1 Å². The Hall–Kier alpha value is -5.55. The van der Waals surface area contributed by atoms with Crippen molar-refractivity contribution in [2.24, 2.45) is 0 Å². The van der Waals surface area contributed by atoms with Gasteiger partial charge in [0.25, 0.3) is 6.01 Å². The Morgan fingerprint density at radius 2 is 1.58 bits per heavy atom. The van der Waals surface area contributed by atoms with Crippen LogP contribution in [-0.4, -0.2) is 53.8 Å². The number of unbranched alkanes of at least 4 members (excludes halogenated alkanes) is 1. The Kier molecular flexibility index (Phi) is 10.2. The topological polar surface area (TPSA) is 141 Å². The number of amides is 1. The highest BCUT2D eigenvalue weighted by molar-refractivity contribution is 7.92. The van der Waals surface area contributed by atoms with Gasteiger partial charge in [-0.15, -0.1) is 0 Å². The fourth-order valence-corrected chi connectivity index (χ4v) is 6.84. The van der Waals surface area contributed by atoms with Gasteiger partial charge in [0.2, 0.25) is 10.0 Å². The normalized spacial score (nSPS) is 11.5. The number of nitrogens with zero attached hydrogens (tertiary/aromatic N) is 2. The zero-order valence-corrected chi connectivity index (χ0v) is 29.2. The van der Waals surface area contributed by atoms with Crippen molar-refractivity contribution < 1.29 is 22.7 Å². The van der Waals surface area contributed by atoms with Crippen molar-refractivity contribution >= 4 is 44.4 Å². The molecule has 0 aliphatic carbocycles. The van der Waals surface area contributed by atoms with E-state index in [1.54, 1.807) is 18.3 Å². The minimum atomic E-state index is -3.33. The number of aromatic nitrogens is 2. The Morgan fingerprint density at radius 1 is 0.860 bits per heavy atom. The van der Waals surface area contributed by atoms with Crippen LogP contribution in [0.5, 0.6) is 0 Å². The maximum Gasteiger partial charge on any atom is 0.407 e. The zero-order chi connectivity index (χ0) is 35.3. The van der Waals surface area contributed by atoms with Gasteiger partial charge >= 0.3 is 6.09 Å². The number of H-pyrrole nitrogens is 1. The van der Waals surface area contributed by atoms with E-state index in [4.69, 9.17) is 4.42 Å². The minimum Gasteiger partial charge on any atom is -0.465 e. The van der Waals surface area contributed by atoms with Crippen molar-refractivity contribution in [2.75, 3.05) is 29.4 Å². The highest BCUT2D eigenvalue weighted by atomic mass is 32.2. The molecule has 11 heteroatoms. The summed E-state index contributed by atoms with van der Waals surface area (Å²) in [5, 5.41) is 14.4. The van der Waals surface area contributed by atoms with E-state index in [0.717, 1.165) is 74.8 Å². The molecule has 0 bridgehead atoms. The lowest BCUT2D eigenvalue weighted by molar-refractivity contribution is 0.145. The number of nitrogens with one attached hydrogen (secondary N) is 3. The molecule has 50 heavy (non-hydrogen) atoms. The van der Waals surface area contributed by atoms with E-state index in [0.29, 0.717) is 43.4 Å². The lowest BCUT2D eigenvalue weighted by Crippen LogP contribution is -2.32. The highest BCUT2D eigenvalue weighted by Crippen LogP contribution is 2.34. The largest absolute Gasteiger partial charge is 0.465 e. The number of benzene rings is 4. The first-order valence-corrected chi connectivity index (χ1v) is 18.5. The summed E-state index contributed by atoms with van der Waals surface area (Å²) in [6, 6.07) is 29.9. The number of carboxylic acid groups (broad SMARTS) is 1. The zero-order valence-electron chi connectivity index (χ0n) is 28.4. The third kappa shape index (κ3) is 8.72. The molecule has 10 nitrogen and oxygen atoms in total. The Bertz CT molecular complexity index is 2190. The van der Waals surface area contributed by atoms with Crippen LogP contribution in [0.2, 0.25) is 0 Å². The fourth-order valence-electron chi connectivity index (χ4n) is 6.28. The van der Waals surface area contributed by atoms with Gasteiger partial charge in [-0.25, -0.2) is 18.2 Å². The molecule has 2 heterocycles. The lowest BCUT2D eigenvalue weighted by atomic mass is 9.99. The van der Waals surface area contributed by atoms with E-state index in [-0.39, 0.29) is 0 Å². The lowest BCUT2D eigenvalue weighted by Gasteiger charge is -2.20. The van der Waals surface area contributed by atoms with Crippen LogP contribution in [0.4, 0.5) is 22.2 Å². The highest BCUT2D eigenvalue weighted by Gasteiger charge is 2.19. The van der Waals surface area contributed by atoms with Crippen LogP contribution in [0.25, 0.3) is 33.5 Å². The molecule has 2 aromatic heterocycles. The molecule has 0 saturated heterocycles. The fraction of sp³-hybridized carbons (Fsp3) is 0.231. The number of fused-ring (bicyclic) bond motifs is 1. The molecule has 0 radical (unpaired) electrons. The summed E-state index contributed by atoms with van der Waals surface area (Å²) in [6.07, 6.45) is 4.64. The van der Waals surface area contributed by atoms with Crippen LogP contribution in [0, 0.1) is 13.8 Å². The summed E-state index contributed by atoms with van der Waals surface area (Å²) < 4.78 is 31.4. The third-order valence-corrected chi connectivity index (χ3v) is 9.14. The number of sulfonamides is 1. The van der Waals surface area contributed by atoms with Crippen molar-refractivity contribution in [3.05, 3.63) is 119 Å². The molecule has 0 unspecified atom stereocenters. The van der Waals surface area contributed by atoms with E-state index in [2.05, 4.69) is 58.1 Å². The van der Waals surface area contributed by atoms with Gasteiger partial charge in [-0.2, -0.15) is 0 Å². The van der Waals surface area contributed by atoms with Gasteiger partial charge in [-0.3, -0.25) is 4.72 Å². The molecule has 4 N–H and O–H groups in total. The average molecular weight is 692 g/mol. The number of hydrogen-bond acceptors (Lipinski definition) is 6. The number of rotatable bonds is 14. The molecule has 6 rings (SSSR count). The van der Waals surface area contributed by atoms with Crippen LogP contribution in [0.1, 0.15) is 35.1 Å². The van der Waals surface area contributed by atoms with Crippen molar-refractivity contribution in [1.29, 1.82) is 0 Å². The Morgan fingerprint density at radius 3 is 2.28 bits per heavy atom. The molecule has 0 aliphatic rings. The van der Waals surface area contributed by atoms with Crippen LogP contribution >= 0.6 is 0 Å². The second-order valence-corrected chi connectivity index (χ2v) is 14.4. The van der Waals surface area contributed by atoms with Gasteiger partial charge in [-0.1, -0.05) is 59.7 Å². The summed E-state index contributed by atoms with van der Waals surface area (Å²) in [4.78, 5) is 21.9. The first-order valence-electron chi connectivity index (χ1n) is 16.6. The molecule has 4 aromatic carbocycles. The van der Waals surface area contributed by atoms with Gasteiger partial charge in [0.1, 0.15) is 0 Å². The van der Waals surface area contributed by atoms with E-state index in [1.165, 1.54) is 4.90 Å². The molecule has 0 atom stereocenters. The quantitative estimate of drug-likeness (QED) is 0.0837. The first-order chi connectivity index (χ1) is 24.0. The number of oxazole rings is 1. The smallest absolute Gasteiger partial charge is 0.407 e. The average Bonchev–Trinajstić information content (AvgIpc) is 3.69. The SMILES string of the molecule is Cc1cc(C)cc(-c2[nH]c3ccc(Nc4ncc(-c5ccccc5)o4)cc3c2CCN(CCCCc2ccc(NS(C)(=O)=O)cc2)C(=O)O)c1. The van der Waals surface area contributed by atoms with Gasteiger partial charge in [0.05, 0.1) is 12.5 Å². The van der Waals surface area contributed by atoms with Crippen LogP contribution in [0.3, 0.4) is 0 Å². The number of hydrogen-bond donors (Lipinski definition) is 4. The van der Waals surface area contributed by atoms with Crippen molar-refractivity contribution in [3.8, 4) is 22.6 Å². The Balaban J connectivity index is 1.18. The maximum atomic E-state index is 12.4. The van der Waals surface area contributed by atoms with Crippen LogP contribution < -0.4 is 10.0 Å². The molecular weight excluding hydrogens is 651 g/mol. The number of aromatic amines is 1. The summed E-state index contributed by atoms with van der Waals surface area (Å²) in [7, 11) is -3.33. The standard InChI is InChI=1S/C39H41N5O5S/c1-26-21-27(2)23-30(22-26)37-33(18-20-44(39(45)46)19-8-7-9-28-12-14-31(15-13-28)43-50(3,47)48)34-24-32(16-17-35(34)42-37)41-38-40-25-36(49-38)29-10-5-4-6-11-29/h4-6,10-17,21-25,42-43H,7-9,18-20H2,1-3H3,(H,40,41)(H,45,46). The Labute approximate surface area is 292 Å². The van der Waals surface area contributed by atoms with Gasteiger partial charge in [0, 0.05) is 46.6 Å². The predicted octanol–water partition coefficient (Wildman–Crippen LogP) is 8.77. The molecule has 0 saturated carbocycles. The number of aryl methyl sites for hydroxylation is 3. The second kappa shape index (κ2) is 14.9. The van der Waals surface area contributed by atoms with E-state index in [1.807, 2.05) is 54.6 Å². The predicted molar refractivity (Wildman–Crippen MR) is 200 cm³/mol. The number of carbonyl (C=O) groups is 1. The first kappa shape index (κ1) is 34.3. The summed E-state index contributed by atoms with van der Waals surface area (Å²) in [6.45, 7) is 4.90. The number of anilines is 3. The van der Waals surface area contributed by atoms with Gasteiger partial charge in [-0.05, 0) is 98.7 Å². The molecular formula is C39H41N5O5S. The van der Waals surface area contributed by atoms with Gasteiger partial charge < -0.3 is 24.7 Å². The van der Waals surface area contributed by atoms with E-state index in [9.17, 15) is 18.3 Å². The summed E-state index contributed by atoms with van der Waals surface area (Å²) in [5.74, 6) is 0.669. The molecule has 6 aromatic rings. The minimum absolute atomic E-state index is 0.337. The van der Waals surface area contributed by atoms with Crippen LogP contribution in [-0.2, 0) is 22.9 Å². The van der Waals surface area contributed by atoms with Crippen molar-refractivity contribution in [1.82, 2.24) is 14.9 Å². The monoisotopic (exact) mass is 691 g/mol. The van der Waals surface area contributed by atoms with Crippen molar-refractivity contribution in [2.45, 2.75) is 39.5 Å². The van der Waals surface area contributed by atoms with Gasteiger partial charge in [0.15, 0.2) is 5.76 Å². The molecule has 0 fully saturated rings. The molecule has 1 amide bonds. The molecule has 0 aliphatic heterocycles.